The highest BCUT2D eigenvalue weighted by Gasteiger charge is 2.32. The van der Waals surface area contributed by atoms with Crippen LogP contribution in [0.1, 0.15) is 17.1 Å². The van der Waals surface area contributed by atoms with Crippen molar-refractivity contribution in [2.75, 3.05) is 0 Å². The number of alkyl halides is 3. The minimum Gasteiger partial charge on any atom is -0.457 e. The molecule has 0 radical (unpaired) electrons. The minimum absolute atomic E-state index is 0.133. The number of benzene rings is 1. The number of halogens is 4. The van der Waals surface area contributed by atoms with Crippen molar-refractivity contribution in [3.63, 3.8) is 0 Å². The summed E-state index contributed by atoms with van der Waals surface area (Å²) in [4.78, 5) is 16.4. The lowest BCUT2D eigenvalue weighted by Crippen LogP contribution is -2.19. The predicted molar refractivity (Wildman–Crippen MR) is 87.9 cm³/mol. The molecule has 0 fully saturated rings. The molecule has 2 heterocycles. The van der Waals surface area contributed by atoms with Crippen LogP contribution in [0.4, 0.5) is 13.2 Å². The Morgan fingerprint density at radius 3 is 2.60 bits per heavy atom. The molecular weight excluding hydrogens is 357 g/mol. The van der Waals surface area contributed by atoms with Crippen molar-refractivity contribution in [2.24, 2.45) is 0 Å². The highest BCUT2D eigenvalue weighted by atomic mass is 35.5. The summed E-state index contributed by atoms with van der Waals surface area (Å²) in [6.07, 6.45) is -1.98. The number of aromatic amines is 1. The molecule has 8 heteroatoms. The zero-order valence-electron chi connectivity index (χ0n) is 12.5. The molecule has 25 heavy (non-hydrogen) atoms. The molecule has 128 valence electrons. The number of aromatic nitrogens is 2. The Morgan fingerprint density at radius 2 is 1.88 bits per heavy atom. The topological polar surface area (TPSA) is 58.9 Å². The lowest BCUT2D eigenvalue weighted by Gasteiger charge is -2.05. The van der Waals surface area contributed by atoms with E-state index in [1.807, 2.05) is 0 Å². The van der Waals surface area contributed by atoms with Crippen molar-refractivity contribution < 1.29 is 17.6 Å². The van der Waals surface area contributed by atoms with Gasteiger partial charge in [0.25, 0.3) is 0 Å². The Kier molecular flexibility index (Phi) is 4.50. The first-order chi connectivity index (χ1) is 11.8. The van der Waals surface area contributed by atoms with Gasteiger partial charge in [-0.2, -0.15) is 18.2 Å². The fraction of sp³-hybridized carbons (Fsp3) is 0.0588. The molecule has 0 amide bonds. The van der Waals surface area contributed by atoms with E-state index in [9.17, 15) is 18.0 Å². The Bertz CT molecular complexity index is 990. The molecule has 0 saturated heterocycles. The van der Waals surface area contributed by atoms with Crippen LogP contribution in [0.2, 0.25) is 5.02 Å². The fourth-order valence-corrected chi connectivity index (χ4v) is 2.36. The average Bonchev–Trinajstić information content (AvgIpc) is 3.01. The van der Waals surface area contributed by atoms with E-state index in [1.54, 1.807) is 41.4 Å². The van der Waals surface area contributed by atoms with Crippen LogP contribution in [0.25, 0.3) is 23.5 Å². The van der Waals surface area contributed by atoms with Crippen molar-refractivity contribution in [1.82, 2.24) is 9.97 Å². The molecule has 0 aliphatic rings. The molecule has 0 atom stereocenters. The number of hydrogen-bond acceptors (Lipinski definition) is 3. The second-order valence-electron chi connectivity index (χ2n) is 5.04. The van der Waals surface area contributed by atoms with E-state index in [-0.39, 0.29) is 5.69 Å². The van der Waals surface area contributed by atoms with Gasteiger partial charge in [0.15, 0.2) is 0 Å². The second kappa shape index (κ2) is 6.60. The molecular formula is C17H10ClF3N2O2. The maximum absolute atomic E-state index is 12.7. The maximum Gasteiger partial charge on any atom is 0.431 e. The first-order valence-corrected chi connectivity index (χ1v) is 7.42. The van der Waals surface area contributed by atoms with Gasteiger partial charge in [0.2, 0.25) is 0 Å². The van der Waals surface area contributed by atoms with Gasteiger partial charge in [0.05, 0.1) is 10.7 Å². The van der Waals surface area contributed by atoms with Crippen LogP contribution in [-0.4, -0.2) is 9.97 Å². The van der Waals surface area contributed by atoms with Gasteiger partial charge in [-0.15, -0.1) is 0 Å². The standard InChI is InChI=1S/C17H10ClF3N2O2/c18-13-4-2-1-3-12(13)14-8-7-11(25-14)6-5-10-9-15(17(19,20)21)23-16(24)22-10/h1-9H,(H,22,23,24)/b6-5+. The molecule has 0 aliphatic heterocycles. The Hall–Kier alpha value is -2.80. The zero-order chi connectivity index (χ0) is 18.0. The van der Waals surface area contributed by atoms with Gasteiger partial charge in [0.1, 0.15) is 17.2 Å². The van der Waals surface area contributed by atoms with Gasteiger partial charge >= 0.3 is 11.9 Å². The van der Waals surface area contributed by atoms with Gasteiger partial charge in [-0.1, -0.05) is 23.7 Å². The number of nitrogens with one attached hydrogen (secondary N) is 1. The van der Waals surface area contributed by atoms with E-state index < -0.39 is 17.6 Å². The van der Waals surface area contributed by atoms with Crippen molar-refractivity contribution in [3.05, 3.63) is 75.1 Å². The van der Waals surface area contributed by atoms with Gasteiger partial charge in [-0.05, 0) is 42.5 Å². The SMILES string of the molecule is O=c1nc(/C=C/c2ccc(-c3ccccc3Cl)o2)cc(C(F)(F)F)[nH]1. The van der Waals surface area contributed by atoms with Gasteiger partial charge in [-0.3, -0.25) is 0 Å². The van der Waals surface area contributed by atoms with Crippen molar-refractivity contribution in [2.45, 2.75) is 6.18 Å². The van der Waals surface area contributed by atoms with Gasteiger partial charge in [-0.25, -0.2) is 4.79 Å². The molecule has 0 bridgehead atoms. The second-order valence-corrected chi connectivity index (χ2v) is 5.44. The van der Waals surface area contributed by atoms with Crippen molar-refractivity contribution in [1.29, 1.82) is 0 Å². The van der Waals surface area contributed by atoms with E-state index in [4.69, 9.17) is 16.0 Å². The number of hydrogen-bond donors (Lipinski definition) is 1. The van der Waals surface area contributed by atoms with Crippen LogP contribution in [-0.2, 0) is 6.18 Å². The number of rotatable bonds is 3. The predicted octanol–water partition coefficient (Wildman–Crippen LogP) is 4.87. The minimum atomic E-state index is -4.66. The van der Waals surface area contributed by atoms with E-state index in [2.05, 4.69) is 4.98 Å². The molecule has 2 aromatic heterocycles. The third kappa shape index (κ3) is 4.00. The molecule has 0 aliphatic carbocycles. The molecule has 3 rings (SSSR count). The average molecular weight is 367 g/mol. The third-order valence-electron chi connectivity index (χ3n) is 3.25. The van der Waals surface area contributed by atoms with Crippen molar-refractivity contribution >= 4 is 23.8 Å². The molecule has 0 unspecified atom stereocenters. The Morgan fingerprint density at radius 1 is 1.12 bits per heavy atom. The monoisotopic (exact) mass is 366 g/mol. The van der Waals surface area contributed by atoms with Gasteiger partial charge in [0, 0.05) is 5.56 Å². The summed E-state index contributed by atoms with van der Waals surface area (Å²) in [5.74, 6) is 0.894. The Balaban J connectivity index is 1.88. The van der Waals surface area contributed by atoms with Crippen LogP contribution in [0.15, 0.2) is 51.7 Å². The van der Waals surface area contributed by atoms with Crippen LogP contribution < -0.4 is 5.69 Å². The van der Waals surface area contributed by atoms with Crippen LogP contribution >= 0.6 is 11.6 Å². The number of nitrogens with zero attached hydrogens (tertiary/aromatic N) is 1. The highest BCUT2D eigenvalue weighted by molar-refractivity contribution is 6.33. The lowest BCUT2D eigenvalue weighted by molar-refractivity contribution is -0.141. The number of H-pyrrole nitrogens is 1. The summed E-state index contributed by atoms with van der Waals surface area (Å²) in [5, 5.41) is 0.512. The summed E-state index contributed by atoms with van der Waals surface area (Å²) in [7, 11) is 0. The van der Waals surface area contributed by atoms with Crippen LogP contribution in [0.3, 0.4) is 0 Å². The molecule has 4 nitrogen and oxygen atoms in total. The maximum atomic E-state index is 12.7. The van der Waals surface area contributed by atoms with Gasteiger partial charge < -0.3 is 9.40 Å². The Labute approximate surface area is 144 Å². The van der Waals surface area contributed by atoms with Crippen LogP contribution in [0.5, 0.6) is 0 Å². The summed E-state index contributed by atoms with van der Waals surface area (Å²) in [6, 6.07) is 11.1. The molecule has 1 N–H and O–H groups in total. The van der Waals surface area contributed by atoms with Crippen molar-refractivity contribution in [3.8, 4) is 11.3 Å². The summed E-state index contributed by atoms with van der Waals surface area (Å²) in [5.41, 5.74) is -1.68. The lowest BCUT2D eigenvalue weighted by atomic mass is 10.2. The third-order valence-corrected chi connectivity index (χ3v) is 3.58. The largest absolute Gasteiger partial charge is 0.457 e. The van der Waals surface area contributed by atoms with E-state index in [1.165, 1.54) is 12.2 Å². The smallest absolute Gasteiger partial charge is 0.431 e. The van der Waals surface area contributed by atoms with E-state index in [0.717, 1.165) is 6.07 Å². The highest BCUT2D eigenvalue weighted by Crippen LogP contribution is 2.30. The number of furan rings is 1. The first kappa shape index (κ1) is 17.0. The summed E-state index contributed by atoms with van der Waals surface area (Å²) in [6.45, 7) is 0. The fourth-order valence-electron chi connectivity index (χ4n) is 2.13. The molecule has 3 aromatic rings. The van der Waals surface area contributed by atoms with E-state index >= 15 is 0 Å². The molecule has 0 saturated carbocycles. The quantitative estimate of drug-likeness (QED) is 0.719. The van der Waals surface area contributed by atoms with Crippen LogP contribution in [0, 0.1) is 0 Å². The normalized spacial score (nSPS) is 12.0. The molecule has 0 spiro atoms. The zero-order valence-corrected chi connectivity index (χ0v) is 13.2. The first-order valence-electron chi connectivity index (χ1n) is 7.04. The summed E-state index contributed by atoms with van der Waals surface area (Å²) >= 11 is 6.09. The molecule has 1 aromatic carbocycles. The van der Waals surface area contributed by atoms with E-state index in [0.29, 0.717) is 22.1 Å². The summed E-state index contributed by atoms with van der Waals surface area (Å²) < 4.78 is 43.7.